The molecule has 0 unspecified atom stereocenters. The molecule has 0 bridgehead atoms. The Hall–Kier alpha value is -3.17. The minimum atomic E-state index is 0. The molecular formula is C47H49Zr2. The maximum absolute atomic E-state index is 2.28. The van der Waals surface area contributed by atoms with Gasteiger partial charge in [0.25, 0.3) is 0 Å². The summed E-state index contributed by atoms with van der Waals surface area (Å²) in [5, 5.41) is 10.6. The van der Waals surface area contributed by atoms with Gasteiger partial charge in [-0.1, -0.05) is 122 Å². The number of aryl methyl sites for hydroxylation is 2. The second-order valence-electron chi connectivity index (χ2n) is 11.3. The molecule has 8 aromatic rings. The van der Waals surface area contributed by atoms with Crippen LogP contribution in [0.3, 0.4) is 0 Å². The maximum atomic E-state index is 2.28. The normalized spacial score (nSPS) is 9.55. The van der Waals surface area contributed by atoms with Crippen molar-refractivity contribution in [1.82, 2.24) is 0 Å². The first kappa shape index (κ1) is 45.8. The molecule has 2 heteroatoms. The third-order valence-electron chi connectivity index (χ3n) is 7.95. The Morgan fingerprint density at radius 1 is 0.408 bits per heavy atom. The first-order valence-electron chi connectivity index (χ1n) is 15.1. The number of hydrogen-bond donors (Lipinski definition) is 0. The van der Waals surface area contributed by atoms with Gasteiger partial charge in [-0.2, -0.15) is 26.0 Å². The van der Waals surface area contributed by atoms with Crippen molar-refractivity contribution in [3.63, 3.8) is 0 Å². The molecule has 0 aliphatic carbocycles. The Morgan fingerprint density at radius 2 is 0.694 bits per heavy atom. The summed E-state index contributed by atoms with van der Waals surface area (Å²) in [6.45, 7) is 8.32. The van der Waals surface area contributed by atoms with E-state index in [1.807, 2.05) is 20.3 Å². The van der Waals surface area contributed by atoms with Crippen molar-refractivity contribution in [3.05, 3.63) is 193 Å². The second-order valence-corrected chi connectivity index (χ2v) is 11.3. The minimum Gasteiger partial charge on any atom is -0.358 e. The first-order chi connectivity index (χ1) is 21.1. The van der Waals surface area contributed by atoms with Crippen LogP contribution in [0.5, 0.6) is 0 Å². The monoisotopic (exact) mass is 793 g/mol. The van der Waals surface area contributed by atoms with Gasteiger partial charge in [-0.3, -0.25) is 0 Å². The topological polar surface area (TPSA) is 0 Å². The van der Waals surface area contributed by atoms with Crippen LogP contribution < -0.4 is 0 Å². The molecule has 0 aliphatic rings. The molecular weight excluding hydrogens is 747 g/mol. The van der Waals surface area contributed by atoms with Crippen molar-refractivity contribution in [2.75, 3.05) is 0 Å². The molecule has 0 fully saturated rings. The predicted molar refractivity (Wildman–Crippen MR) is 216 cm³/mol. The van der Waals surface area contributed by atoms with E-state index in [1.165, 1.54) is 76.5 Å². The SMILES string of the molecule is C[CH-]C.Cc1cc2c(-c3cccc4ccccc34)cccc2[cH-]1.Cc1cc2c(-c3cccc4ccccc34)cccc2[cH-]1.[CH3-].[CH3-].[CH3-].[CH3-].[Zr+3].[Zr+4]. The molecule has 0 saturated carbocycles. The van der Waals surface area contributed by atoms with E-state index in [0.717, 1.165) is 0 Å². The minimum absolute atomic E-state index is 0. The Balaban J connectivity index is 0.000000782. The molecule has 0 spiro atoms. The molecule has 245 valence electrons. The van der Waals surface area contributed by atoms with Crippen LogP contribution in [0, 0.1) is 50.0 Å². The Morgan fingerprint density at radius 3 is 1.06 bits per heavy atom. The smallest absolute Gasteiger partial charge is 0.358 e. The molecule has 0 saturated heterocycles. The van der Waals surface area contributed by atoms with Crippen LogP contribution in [0.15, 0.2) is 146 Å². The summed E-state index contributed by atoms with van der Waals surface area (Å²) in [5.74, 6) is 0. The number of fused-ring (bicyclic) bond motifs is 4. The van der Waals surface area contributed by atoms with Gasteiger partial charge < -0.3 is 36.1 Å². The van der Waals surface area contributed by atoms with Crippen molar-refractivity contribution in [3.8, 4) is 22.3 Å². The van der Waals surface area contributed by atoms with E-state index in [0.29, 0.717) is 0 Å². The van der Waals surface area contributed by atoms with E-state index >= 15 is 0 Å². The van der Waals surface area contributed by atoms with E-state index in [4.69, 9.17) is 0 Å². The Labute approximate surface area is 335 Å². The van der Waals surface area contributed by atoms with Crippen molar-refractivity contribution in [1.29, 1.82) is 0 Å². The fourth-order valence-electron chi connectivity index (χ4n) is 6.16. The summed E-state index contributed by atoms with van der Waals surface area (Å²) in [6, 6.07) is 52.5. The first-order valence-corrected chi connectivity index (χ1v) is 15.1. The molecule has 8 rings (SSSR count). The summed E-state index contributed by atoms with van der Waals surface area (Å²) in [7, 11) is 0. The summed E-state index contributed by atoms with van der Waals surface area (Å²) >= 11 is 0. The fraction of sp³-hybridized carbons (Fsp3) is 0.0851. The van der Waals surface area contributed by atoms with Gasteiger partial charge in [0, 0.05) is 0 Å². The zero-order valence-electron chi connectivity index (χ0n) is 30.4. The molecule has 0 heterocycles. The van der Waals surface area contributed by atoms with Crippen molar-refractivity contribution < 1.29 is 52.4 Å². The van der Waals surface area contributed by atoms with E-state index in [1.54, 1.807) is 0 Å². The molecule has 0 amide bonds. The van der Waals surface area contributed by atoms with Crippen LogP contribution >= 0.6 is 0 Å². The Bertz CT molecular complexity index is 1990. The zero-order chi connectivity index (χ0) is 29.8. The summed E-state index contributed by atoms with van der Waals surface area (Å²) in [5.41, 5.74) is 7.94. The molecule has 49 heavy (non-hydrogen) atoms. The van der Waals surface area contributed by atoms with E-state index in [-0.39, 0.29) is 82.1 Å². The number of rotatable bonds is 2. The summed E-state index contributed by atoms with van der Waals surface area (Å²) < 4.78 is 0. The van der Waals surface area contributed by atoms with E-state index < -0.39 is 0 Å². The van der Waals surface area contributed by atoms with Gasteiger partial charge in [-0.05, 0) is 32.7 Å². The predicted octanol–water partition coefficient (Wildman–Crippen LogP) is 14.4. The van der Waals surface area contributed by atoms with Gasteiger partial charge in [0.05, 0.1) is 0 Å². The van der Waals surface area contributed by atoms with Crippen LogP contribution in [0.25, 0.3) is 65.3 Å². The largest absolute Gasteiger partial charge is 4.00 e. The number of hydrogen-bond acceptors (Lipinski definition) is 0. The van der Waals surface area contributed by atoms with Gasteiger partial charge in [-0.15, -0.1) is 69.1 Å². The van der Waals surface area contributed by atoms with Gasteiger partial charge in [0.15, 0.2) is 0 Å². The molecule has 0 atom stereocenters. The van der Waals surface area contributed by atoms with Gasteiger partial charge >= 0.3 is 52.4 Å². The van der Waals surface area contributed by atoms with Crippen molar-refractivity contribution >= 4 is 43.1 Å². The number of benzene rings is 6. The molecule has 1 radical (unpaired) electrons. The Kier molecular flexibility index (Phi) is 19.8. The van der Waals surface area contributed by atoms with Crippen LogP contribution in [0.4, 0.5) is 0 Å². The van der Waals surface area contributed by atoms with Gasteiger partial charge in [0.2, 0.25) is 0 Å². The van der Waals surface area contributed by atoms with Crippen molar-refractivity contribution in [2.24, 2.45) is 0 Å². The van der Waals surface area contributed by atoms with Crippen molar-refractivity contribution in [2.45, 2.75) is 27.7 Å². The average molecular weight is 796 g/mol. The summed E-state index contributed by atoms with van der Waals surface area (Å²) in [6.07, 6.45) is 2.00. The molecule has 0 aromatic heterocycles. The van der Waals surface area contributed by atoms with Crippen LogP contribution in [0.2, 0.25) is 0 Å². The standard InChI is InChI=1S/2C20H15.C3H7.4CH3.2Zr/c2*1-14-12-16-8-5-11-19(20(16)13-14)18-10-4-7-15-6-2-3-9-17(15)18;1-3-2;;;;;;/h2*2-13H,1H3;3H,1-2H3;4*1H3;;/q7*-1;+3;+4. The molecule has 0 nitrogen and oxygen atoms in total. The molecule has 8 aromatic carbocycles. The third-order valence-corrected chi connectivity index (χ3v) is 7.95. The van der Waals surface area contributed by atoms with Gasteiger partial charge in [-0.25, -0.2) is 0 Å². The van der Waals surface area contributed by atoms with Crippen LogP contribution in [0.1, 0.15) is 25.0 Å². The second kappa shape index (κ2) is 21.1. The van der Waals surface area contributed by atoms with E-state index in [9.17, 15) is 0 Å². The molecule has 0 aliphatic heterocycles. The quantitative estimate of drug-likeness (QED) is 0.153. The van der Waals surface area contributed by atoms with Crippen LogP contribution in [-0.4, -0.2) is 0 Å². The van der Waals surface area contributed by atoms with E-state index in [2.05, 4.69) is 159 Å². The van der Waals surface area contributed by atoms with Crippen LogP contribution in [-0.2, 0) is 52.4 Å². The maximum Gasteiger partial charge on any atom is 4.00 e. The third kappa shape index (κ3) is 9.97. The molecule has 0 N–H and O–H groups in total. The van der Waals surface area contributed by atoms with Gasteiger partial charge in [0.1, 0.15) is 0 Å². The summed E-state index contributed by atoms with van der Waals surface area (Å²) in [4.78, 5) is 0. The fourth-order valence-corrected chi connectivity index (χ4v) is 6.16. The zero-order valence-corrected chi connectivity index (χ0v) is 35.3. The average Bonchev–Trinajstić information content (AvgIpc) is 3.62.